The highest BCUT2D eigenvalue weighted by Gasteiger charge is 2.01. The van der Waals surface area contributed by atoms with Crippen molar-refractivity contribution in [2.45, 2.75) is 13.0 Å². The maximum atomic E-state index is 10.8. The lowest BCUT2D eigenvalue weighted by atomic mass is 10.5. The van der Waals surface area contributed by atoms with Crippen LogP contribution >= 0.6 is 0 Å². The smallest absolute Gasteiger partial charge is 0.328 e. The molecule has 0 spiro atoms. The molecule has 2 N–H and O–H groups in total. The van der Waals surface area contributed by atoms with Gasteiger partial charge in [0.1, 0.15) is 6.29 Å². The van der Waals surface area contributed by atoms with Gasteiger partial charge in [-0.3, -0.25) is 4.57 Å². The minimum absolute atomic E-state index is 0.142. The van der Waals surface area contributed by atoms with Crippen LogP contribution < -0.4 is 5.69 Å². The van der Waals surface area contributed by atoms with Gasteiger partial charge in [-0.25, -0.2) is 4.79 Å². The number of hydrogen-bond donors (Lipinski definition) is 2. The molecule has 1 aromatic rings. The van der Waals surface area contributed by atoms with Gasteiger partial charge < -0.3 is 14.9 Å². The number of carbonyl (C=O) groups is 1. The van der Waals surface area contributed by atoms with Crippen LogP contribution in [0.5, 0.6) is 5.88 Å². The quantitative estimate of drug-likeness (QED) is 0.578. The Bertz CT molecular complexity index is 299. The summed E-state index contributed by atoms with van der Waals surface area (Å²) in [5.41, 5.74) is -0.399. The van der Waals surface area contributed by atoms with Crippen molar-refractivity contribution in [3.8, 4) is 5.88 Å². The molecule has 0 bridgehead atoms. The van der Waals surface area contributed by atoms with Crippen LogP contribution in [0.1, 0.15) is 6.42 Å². The predicted octanol–water partition coefficient (Wildman–Crippen LogP) is -0.529. The number of aromatic nitrogens is 2. The van der Waals surface area contributed by atoms with E-state index in [1.165, 1.54) is 6.20 Å². The van der Waals surface area contributed by atoms with Crippen LogP contribution in [0.4, 0.5) is 0 Å². The van der Waals surface area contributed by atoms with Crippen LogP contribution in [0, 0.1) is 0 Å². The molecular weight excluding hydrogens is 148 g/mol. The number of aromatic amines is 1. The molecule has 1 aromatic heterocycles. The molecule has 0 fully saturated rings. The molecular formula is C6H8N2O3. The highest BCUT2D eigenvalue weighted by molar-refractivity contribution is 5.49. The summed E-state index contributed by atoms with van der Waals surface area (Å²) in [5.74, 6) is -0.142. The number of carbonyl (C=O) groups excluding carboxylic acids is 1. The molecule has 1 rings (SSSR count). The van der Waals surface area contributed by atoms with Crippen molar-refractivity contribution < 1.29 is 9.90 Å². The fraction of sp³-hybridized carbons (Fsp3) is 0.333. The number of imidazole rings is 1. The number of aromatic hydroxyl groups is 1. The molecule has 0 saturated heterocycles. The lowest BCUT2D eigenvalue weighted by Gasteiger charge is -1.96. The molecule has 0 aliphatic carbocycles. The molecule has 0 unspecified atom stereocenters. The van der Waals surface area contributed by atoms with Crippen LogP contribution in [-0.4, -0.2) is 20.9 Å². The van der Waals surface area contributed by atoms with E-state index in [1.54, 1.807) is 0 Å². The average Bonchev–Trinajstić information content (AvgIpc) is 2.29. The van der Waals surface area contributed by atoms with E-state index < -0.39 is 5.69 Å². The molecule has 11 heavy (non-hydrogen) atoms. The molecule has 1 heterocycles. The molecule has 0 aliphatic heterocycles. The second-order valence-corrected chi connectivity index (χ2v) is 2.06. The summed E-state index contributed by atoms with van der Waals surface area (Å²) in [5, 5.41) is 8.97. The monoisotopic (exact) mass is 156 g/mol. The molecule has 5 heteroatoms. The first-order chi connectivity index (χ1) is 5.25. The Balaban J connectivity index is 2.83. The molecule has 0 saturated carbocycles. The molecule has 5 nitrogen and oxygen atoms in total. The Morgan fingerprint density at radius 3 is 2.91 bits per heavy atom. The largest absolute Gasteiger partial charge is 0.493 e. The summed E-state index contributed by atoms with van der Waals surface area (Å²) >= 11 is 0. The standard InChI is InChI=1S/C6H8N2O3/c9-3-1-2-8-5(10)4-7-6(8)11/h3-4,10H,1-2H2,(H,7,11). The van der Waals surface area contributed by atoms with Gasteiger partial charge in [-0.2, -0.15) is 0 Å². The van der Waals surface area contributed by atoms with Gasteiger partial charge in [-0.15, -0.1) is 0 Å². The van der Waals surface area contributed by atoms with E-state index in [0.717, 1.165) is 4.57 Å². The Morgan fingerprint density at radius 1 is 1.73 bits per heavy atom. The number of aldehydes is 1. The normalized spacial score (nSPS) is 9.82. The van der Waals surface area contributed by atoms with E-state index in [0.29, 0.717) is 6.29 Å². The highest BCUT2D eigenvalue weighted by Crippen LogP contribution is 2.01. The summed E-state index contributed by atoms with van der Waals surface area (Å²) in [6, 6.07) is 0. The SMILES string of the molecule is O=CCCn1c(O)c[nH]c1=O. The van der Waals surface area contributed by atoms with E-state index in [1.807, 2.05) is 0 Å². The molecule has 0 atom stereocenters. The van der Waals surface area contributed by atoms with Gasteiger partial charge in [0.05, 0.1) is 6.20 Å². The second kappa shape index (κ2) is 3.05. The van der Waals surface area contributed by atoms with Gasteiger partial charge in [0.2, 0.25) is 5.88 Å². The zero-order chi connectivity index (χ0) is 8.27. The fourth-order valence-electron chi connectivity index (χ4n) is 0.784. The third-order valence-electron chi connectivity index (χ3n) is 1.32. The minimum Gasteiger partial charge on any atom is -0.493 e. The minimum atomic E-state index is -0.399. The number of rotatable bonds is 3. The highest BCUT2D eigenvalue weighted by atomic mass is 16.3. The Kier molecular flexibility index (Phi) is 2.10. The van der Waals surface area contributed by atoms with Crippen molar-refractivity contribution >= 4 is 6.29 Å². The lowest BCUT2D eigenvalue weighted by molar-refractivity contribution is -0.108. The maximum Gasteiger partial charge on any atom is 0.328 e. The Hall–Kier alpha value is -1.52. The van der Waals surface area contributed by atoms with Crippen LogP contribution in [0.15, 0.2) is 11.0 Å². The van der Waals surface area contributed by atoms with Crippen molar-refractivity contribution in [1.82, 2.24) is 9.55 Å². The fourth-order valence-corrected chi connectivity index (χ4v) is 0.784. The van der Waals surface area contributed by atoms with E-state index >= 15 is 0 Å². The van der Waals surface area contributed by atoms with E-state index in [9.17, 15) is 9.59 Å². The van der Waals surface area contributed by atoms with Crippen LogP contribution in [0.3, 0.4) is 0 Å². The van der Waals surface area contributed by atoms with Crippen LogP contribution in [-0.2, 0) is 11.3 Å². The second-order valence-electron chi connectivity index (χ2n) is 2.06. The van der Waals surface area contributed by atoms with Crippen molar-refractivity contribution in [3.05, 3.63) is 16.7 Å². The summed E-state index contributed by atoms with van der Waals surface area (Å²) < 4.78 is 1.09. The van der Waals surface area contributed by atoms with Crippen molar-refractivity contribution in [1.29, 1.82) is 0 Å². The van der Waals surface area contributed by atoms with Crippen molar-refractivity contribution in [2.75, 3.05) is 0 Å². The molecule has 60 valence electrons. The number of hydrogen-bond acceptors (Lipinski definition) is 3. The van der Waals surface area contributed by atoms with Gasteiger partial charge >= 0.3 is 5.69 Å². The average molecular weight is 156 g/mol. The zero-order valence-electron chi connectivity index (χ0n) is 5.78. The van der Waals surface area contributed by atoms with Gasteiger partial charge in [-0.1, -0.05) is 0 Å². The van der Waals surface area contributed by atoms with Gasteiger partial charge in [0.25, 0.3) is 0 Å². The topological polar surface area (TPSA) is 75.1 Å². The van der Waals surface area contributed by atoms with E-state index in [-0.39, 0.29) is 18.8 Å². The number of nitrogens with one attached hydrogen (secondary N) is 1. The Morgan fingerprint density at radius 2 is 2.45 bits per heavy atom. The lowest BCUT2D eigenvalue weighted by Crippen LogP contribution is -2.16. The molecule has 0 radical (unpaired) electrons. The number of nitrogens with zero attached hydrogens (tertiary/aromatic N) is 1. The zero-order valence-corrected chi connectivity index (χ0v) is 5.78. The van der Waals surface area contributed by atoms with E-state index in [2.05, 4.69) is 4.98 Å². The van der Waals surface area contributed by atoms with Crippen LogP contribution in [0.2, 0.25) is 0 Å². The third-order valence-corrected chi connectivity index (χ3v) is 1.32. The first kappa shape index (κ1) is 7.59. The van der Waals surface area contributed by atoms with Crippen molar-refractivity contribution in [2.24, 2.45) is 0 Å². The summed E-state index contributed by atoms with van der Waals surface area (Å²) in [7, 11) is 0. The summed E-state index contributed by atoms with van der Waals surface area (Å²) in [6.45, 7) is 0.220. The van der Waals surface area contributed by atoms with Gasteiger partial charge in [-0.05, 0) is 0 Å². The summed E-state index contributed by atoms with van der Waals surface area (Å²) in [4.78, 5) is 23.0. The van der Waals surface area contributed by atoms with Gasteiger partial charge in [0.15, 0.2) is 0 Å². The number of H-pyrrole nitrogens is 1. The molecule has 0 aliphatic rings. The van der Waals surface area contributed by atoms with Crippen LogP contribution in [0.25, 0.3) is 0 Å². The van der Waals surface area contributed by atoms with E-state index in [4.69, 9.17) is 5.11 Å². The first-order valence-corrected chi connectivity index (χ1v) is 3.16. The molecule has 0 amide bonds. The Labute approximate surface area is 62.3 Å². The summed E-state index contributed by atoms with van der Waals surface area (Å²) in [6.07, 6.45) is 2.11. The maximum absolute atomic E-state index is 10.8. The first-order valence-electron chi connectivity index (χ1n) is 3.16. The van der Waals surface area contributed by atoms with Crippen molar-refractivity contribution in [3.63, 3.8) is 0 Å². The third kappa shape index (κ3) is 1.49. The molecule has 0 aromatic carbocycles. The van der Waals surface area contributed by atoms with Gasteiger partial charge in [0, 0.05) is 13.0 Å². The predicted molar refractivity (Wildman–Crippen MR) is 37.4 cm³/mol.